The van der Waals surface area contributed by atoms with Crippen LogP contribution >= 0.6 is 12.4 Å². The Morgan fingerprint density at radius 3 is 1.10 bits per heavy atom. The average molecular weight is 756 g/mol. The van der Waals surface area contributed by atoms with E-state index in [9.17, 15) is 9.59 Å². The highest BCUT2D eigenvalue weighted by molar-refractivity contribution is 5.85. The summed E-state index contributed by atoms with van der Waals surface area (Å²) < 4.78 is 11.1. The lowest BCUT2D eigenvalue weighted by Gasteiger charge is -2.23. The standard InChI is InChI=1S/C45H86N2O4.ClH/c1-5-7-9-11-13-15-17-19-21-23-25-27-29-31-33-36-44(48)50-42-40-47(39-35-38-46(3)4)41-43-51-45(49)37-34-32-30-28-26-24-22-20-18-16-14-12-10-8-6-2;/h19-22H,5-18,23-43H2,1-4H3;1H/b21-19-,22-20-;. The smallest absolute Gasteiger partial charge is 0.305 e. The van der Waals surface area contributed by atoms with E-state index in [1.165, 1.54) is 141 Å². The molecule has 0 rings (SSSR count). The van der Waals surface area contributed by atoms with E-state index in [2.05, 4.69) is 62.0 Å². The van der Waals surface area contributed by atoms with Crippen LogP contribution in [0.15, 0.2) is 24.3 Å². The molecule has 0 saturated carbocycles. The van der Waals surface area contributed by atoms with E-state index in [0.29, 0.717) is 39.1 Å². The fourth-order valence-corrected chi connectivity index (χ4v) is 6.35. The largest absolute Gasteiger partial charge is 0.464 e. The molecule has 0 bridgehead atoms. The van der Waals surface area contributed by atoms with Gasteiger partial charge in [0.2, 0.25) is 0 Å². The van der Waals surface area contributed by atoms with Gasteiger partial charge in [0.25, 0.3) is 0 Å². The molecule has 0 radical (unpaired) electrons. The normalized spacial score (nSPS) is 11.7. The predicted molar refractivity (Wildman–Crippen MR) is 228 cm³/mol. The minimum atomic E-state index is -0.0905. The van der Waals surface area contributed by atoms with Crippen LogP contribution < -0.4 is 0 Å². The van der Waals surface area contributed by atoms with E-state index in [4.69, 9.17) is 9.47 Å². The van der Waals surface area contributed by atoms with Crippen molar-refractivity contribution in [3.8, 4) is 0 Å². The fraction of sp³-hybridized carbons (Fsp3) is 0.867. The number of hydrogen-bond acceptors (Lipinski definition) is 6. The van der Waals surface area contributed by atoms with Crippen molar-refractivity contribution < 1.29 is 19.1 Å². The van der Waals surface area contributed by atoms with Crippen LogP contribution in [0.4, 0.5) is 0 Å². The van der Waals surface area contributed by atoms with Gasteiger partial charge >= 0.3 is 11.9 Å². The summed E-state index contributed by atoms with van der Waals surface area (Å²) in [5.41, 5.74) is 0. The molecule has 0 aromatic heterocycles. The first-order valence-electron chi connectivity index (χ1n) is 22.0. The Balaban J connectivity index is 0. The third-order valence-corrected chi connectivity index (χ3v) is 9.71. The Morgan fingerprint density at radius 2 is 0.750 bits per heavy atom. The molecule has 0 aliphatic carbocycles. The molecule has 0 saturated heterocycles. The first-order valence-corrected chi connectivity index (χ1v) is 22.0. The van der Waals surface area contributed by atoms with Crippen LogP contribution in [-0.4, -0.2) is 75.2 Å². The Hall–Kier alpha value is -1.37. The monoisotopic (exact) mass is 755 g/mol. The first-order chi connectivity index (χ1) is 25.0. The average Bonchev–Trinajstić information content (AvgIpc) is 3.11. The maximum atomic E-state index is 12.3. The van der Waals surface area contributed by atoms with Gasteiger partial charge in [0.05, 0.1) is 0 Å². The molecular weight excluding hydrogens is 668 g/mol. The highest BCUT2D eigenvalue weighted by Gasteiger charge is 2.10. The second kappa shape index (κ2) is 44.0. The zero-order valence-electron chi connectivity index (χ0n) is 35.0. The van der Waals surface area contributed by atoms with Crippen molar-refractivity contribution in [2.75, 3.05) is 53.5 Å². The zero-order chi connectivity index (χ0) is 37.3. The summed E-state index contributed by atoms with van der Waals surface area (Å²) >= 11 is 0. The van der Waals surface area contributed by atoms with Crippen molar-refractivity contribution in [1.29, 1.82) is 0 Å². The number of esters is 2. The number of hydrogen-bond donors (Lipinski definition) is 0. The maximum absolute atomic E-state index is 12.3. The molecule has 308 valence electrons. The molecule has 0 amide bonds. The molecule has 0 heterocycles. The lowest BCUT2D eigenvalue weighted by atomic mass is 10.1. The van der Waals surface area contributed by atoms with Gasteiger partial charge in [0, 0.05) is 25.9 Å². The second-order valence-corrected chi connectivity index (χ2v) is 15.1. The van der Waals surface area contributed by atoms with E-state index >= 15 is 0 Å². The summed E-state index contributed by atoms with van der Waals surface area (Å²) in [6.45, 7) is 8.59. The molecule has 52 heavy (non-hydrogen) atoms. The van der Waals surface area contributed by atoms with Gasteiger partial charge in [-0.2, -0.15) is 0 Å². The van der Waals surface area contributed by atoms with Crippen LogP contribution in [0.2, 0.25) is 0 Å². The van der Waals surface area contributed by atoms with E-state index < -0.39 is 0 Å². The Labute approximate surface area is 330 Å². The number of unbranched alkanes of at least 4 members (excludes halogenated alkanes) is 22. The number of allylic oxidation sites excluding steroid dienone is 4. The molecule has 0 aliphatic rings. The summed E-state index contributed by atoms with van der Waals surface area (Å²) in [6, 6.07) is 0. The highest BCUT2D eigenvalue weighted by Crippen LogP contribution is 2.12. The van der Waals surface area contributed by atoms with Crippen LogP contribution in [-0.2, 0) is 19.1 Å². The Morgan fingerprint density at radius 1 is 0.423 bits per heavy atom. The van der Waals surface area contributed by atoms with Gasteiger partial charge in [-0.25, -0.2) is 0 Å². The minimum absolute atomic E-state index is 0. The summed E-state index contributed by atoms with van der Waals surface area (Å²) in [7, 11) is 4.16. The van der Waals surface area contributed by atoms with Gasteiger partial charge in [-0.05, 0) is 97.8 Å². The summed E-state index contributed by atoms with van der Waals surface area (Å²) in [5.74, 6) is -0.181. The zero-order valence-corrected chi connectivity index (χ0v) is 35.8. The van der Waals surface area contributed by atoms with Crippen LogP contribution in [0.25, 0.3) is 0 Å². The third kappa shape index (κ3) is 43.0. The summed E-state index contributed by atoms with van der Waals surface area (Å²) in [5, 5.41) is 0. The molecule has 0 aromatic carbocycles. The summed E-state index contributed by atoms with van der Waals surface area (Å²) in [6.07, 6.45) is 44.0. The molecular formula is C45H87ClN2O4. The molecule has 7 heteroatoms. The van der Waals surface area contributed by atoms with Gasteiger partial charge in [0.15, 0.2) is 0 Å². The summed E-state index contributed by atoms with van der Waals surface area (Å²) in [4.78, 5) is 29.1. The van der Waals surface area contributed by atoms with E-state index in [1.807, 2.05) is 0 Å². The fourth-order valence-electron chi connectivity index (χ4n) is 6.35. The van der Waals surface area contributed by atoms with Gasteiger partial charge in [-0.15, -0.1) is 12.4 Å². The van der Waals surface area contributed by atoms with Crippen LogP contribution in [0.3, 0.4) is 0 Å². The topological polar surface area (TPSA) is 59.1 Å². The van der Waals surface area contributed by atoms with E-state index in [0.717, 1.165) is 45.2 Å². The number of ether oxygens (including phenoxy) is 2. The van der Waals surface area contributed by atoms with Crippen molar-refractivity contribution in [2.45, 2.75) is 200 Å². The SMILES string of the molecule is CCCCCCCC/C=C\CCCCCCCC(=O)OCCN(CCCN(C)C)CCOC(=O)CCCCCCC/C=C\CCCCCCCC.Cl. The molecule has 0 unspecified atom stereocenters. The van der Waals surface area contributed by atoms with Crippen molar-refractivity contribution in [1.82, 2.24) is 9.80 Å². The van der Waals surface area contributed by atoms with Gasteiger partial charge in [-0.3, -0.25) is 14.5 Å². The number of carbonyl (C=O) groups is 2. The molecule has 0 aromatic rings. The van der Waals surface area contributed by atoms with Crippen molar-refractivity contribution in [3.05, 3.63) is 24.3 Å². The highest BCUT2D eigenvalue weighted by atomic mass is 35.5. The van der Waals surface area contributed by atoms with Gasteiger partial charge < -0.3 is 14.4 Å². The number of carbonyl (C=O) groups excluding carboxylic acids is 2. The number of halogens is 1. The molecule has 0 spiro atoms. The predicted octanol–water partition coefficient (Wildman–Crippen LogP) is 12.8. The number of rotatable bonds is 40. The van der Waals surface area contributed by atoms with Crippen LogP contribution in [0, 0.1) is 0 Å². The van der Waals surface area contributed by atoms with E-state index in [-0.39, 0.29) is 24.3 Å². The first kappa shape index (κ1) is 52.7. The van der Waals surface area contributed by atoms with Gasteiger partial charge in [-0.1, -0.05) is 141 Å². The Bertz CT molecular complexity index is 746. The Kier molecular flexibility index (Phi) is 44.7. The van der Waals surface area contributed by atoms with E-state index in [1.54, 1.807) is 0 Å². The van der Waals surface area contributed by atoms with Crippen molar-refractivity contribution in [3.63, 3.8) is 0 Å². The third-order valence-electron chi connectivity index (χ3n) is 9.71. The molecule has 6 nitrogen and oxygen atoms in total. The lowest BCUT2D eigenvalue weighted by molar-refractivity contribution is -0.144. The van der Waals surface area contributed by atoms with Gasteiger partial charge in [0.1, 0.15) is 13.2 Å². The molecule has 0 atom stereocenters. The minimum Gasteiger partial charge on any atom is -0.464 e. The molecule has 0 aliphatic heterocycles. The van der Waals surface area contributed by atoms with Crippen molar-refractivity contribution >= 4 is 24.3 Å². The quantitative estimate of drug-likeness (QED) is 0.0353. The lowest BCUT2D eigenvalue weighted by Crippen LogP contribution is -2.34. The van der Waals surface area contributed by atoms with Crippen LogP contribution in [0.5, 0.6) is 0 Å². The number of nitrogens with zero attached hydrogens (tertiary/aromatic N) is 2. The molecule has 0 N–H and O–H groups in total. The van der Waals surface area contributed by atoms with Crippen LogP contribution in [0.1, 0.15) is 200 Å². The second-order valence-electron chi connectivity index (χ2n) is 15.1. The van der Waals surface area contributed by atoms with Crippen molar-refractivity contribution in [2.24, 2.45) is 0 Å². The molecule has 0 fully saturated rings. The maximum Gasteiger partial charge on any atom is 0.305 e.